The van der Waals surface area contributed by atoms with Crippen molar-refractivity contribution in [3.05, 3.63) is 55.6 Å². The third-order valence-electron chi connectivity index (χ3n) is 2.59. The highest BCUT2D eigenvalue weighted by molar-refractivity contribution is 5.61. The molecule has 1 nitrogen and oxygen atoms in total. The van der Waals surface area contributed by atoms with Crippen LogP contribution in [-0.2, 0) is 0 Å². The number of rotatable bonds is 2. The largest absolute Gasteiger partial charge is 0.372 e. The monoisotopic (exact) mass is 303 g/mol. The maximum Gasteiger partial charge on any atom is 0.0366 e. The van der Waals surface area contributed by atoms with Crippen LogP contribution in [0.2, 0.25) is 0 Å². The molecule has 126 valence electrons. The fourth-order valence-electron chi connectivity index (χ4n) is 1.80. The van der Waals surface area contributed by atoms with Gasteiger partial charge in [-0.3, -0.25) is 0 Å². The Kier molecular flexibility index (Phi) is 13.6. The Bertz CT molecular complexity index is 361. The van der Waals surface area contributed by atoms with Crippen molar-refractivity contribution in [3.63, 3.8) is 0 Å². The summed E-state index contributed by atoms with van der Waals surface area (Å²) in [5, 5.41) is 0. The van der Waals surface area contributed by atoms with Crippen LogP contribution in [0.1, 0.15) is 59.9 Å². The third-order valence-corrected chi connectivity index (χ3v) is 2.59. The van der Waals surface area contributed by atoms with Crippen LogP contribution in [0.5, 0.6) is 0 Å². The summed E-state index contributed by atoms with van der Waals surface area (Å²) in [6, 6.07) is 10.4. The van der Waals surface area contributed by atoms with Crippen LogP contribution in [0, 0.1) is 5.41 Å². The summed E-state index contributed by atoms with van der Waals surface area (Å²) in [7, 11) is 0. The Hall–Kier alpha value is -1.50. The fraction of sp³-hybridized carbons (Fsp3) is 0.524. The SMILES string of the molecule is C=C.C=C(c1ccccc1)N1CCCC1.CC.CC(C)(C)C. The highest BCUT2D eigenvalue weighted by atomic mass is 15.1. The molecular weight excluding hydrogens is 266 g/mol. The predicted octanol–water partition coefficient (Wildman–Crippen LogP) is 6.63. The van der Waals surface area contributed by atoms with Gasteiger partial charge in [0.15, 0.2) is 0 Å². The minimum atomic E-state index is 0.500. The van der Waals surface area contributed by atoms with Crippen LogP contribution in [0.3, 0.4) is 0 Å². The molecule has 1 heterocycles. The minimum absolute atomic E-state index is 0.500. The van der Waals surface area contributed by atoms with Gasteiger partial charge in [-0.25, -0.2) is 0 Å². The van der Waals surface area contributed by atoms with Gasteiger partial charge in [-0.05, 0) is 23.8 Å². The lowest BCUT2D eigenvalue weighted by Gasteiger charge is -2.20. The van der Waals surface area contributed by atoms with Gasteiger partial charge in [0, 0.05) is 18.8 Å². The minimum Gasteiger partial charge on any atom is -0.372 e. The summed E-state index contributed by atoms with van der Waals surface area (Å²) < 4.78 is 0. The number of nitrogens with zero attached hydrogens (tertiary/aromatic N) is 1. The summed E-state index contributed by atoms with van der Waals surface area (Å²) >= 11 is 0. The van der Waals surface area contributed by atoms with E-state index in [-0.39, 0.29) is 0 Å². The number of hydrogen-bond acceptors (Lipinski definition) is 1. The van der Waals surface area contributed by atoms with Crippen molar-refractivity contribution in [2.45, 2.75) is 54.4 Å². The molecular formula is C21H37N. The van der Waals surface area contributed by atoms with Crippen LogP contribution < -0.4 is 0 Å². The maximum absolute atomic E-state index is 4.13. The number of benzene rings is 1. The summed E-state index contributed by atoms with van der Waals surface area (Å²) in [5.41, 5.74) is 2.93. The predicted molar refractivity (Wildman–Crippen MR) is 104 cm³/mol. The van der Waals surface area contributed by atoms with Gasteiger partial charge in [-0.1, -0.05) is 78.5 Å². The molecule has 1 heteroatoms. The van der Waals surface area contributed by atoms with Crippen LogP contribution in [-0.4, -0.2) is 18.0 Å². The Morgan fingerprint density at radius 1 is 0.909 bits per heavy atom. The molecule has 0 aliphatic carbocycles. The number of likely N-dealkylation sites (tertiary alicyclic amines) is 1. The van der Waals surface area contributed by atoms with E-state index in [2.05, 4.69) is 76.6 Å². The molecule has 0 unspecified atom stereocenters. The molecule has 1 fully saturated rings. The molecule has 1 saturated heterocycles. The van der Waals surface area contributed by atoms with Crippen molar-refractivity contribution in [1.82, 2.24) is 4.90 Å². The van der Waals surface area contributed by atoms with Gasteiger partial charge >= 0.3 is 0 Å². The van der Waals surface area contributed by atoms with E-state index in [9.17, 15) is 0 Å². The van der Waals surface area contributed by atoms with Gasteiger partial charge in [0.25, 0.3) is 0 Å². The van der Waals surface area contributed by atoms with Crippen LogP contribution in [0.15, 0.2) is 50.1 Å². The van der Waals surface area contributed by atoms with Crippen LogP contribution >= 0.6 is 0 Å². The first-order chi connectivity index (χ1) is 10.4. The second-order valence-corrected chi connectivity index (χ2v) is 6.51. The molecule has 1 aliphatic rings. The van der Waals surface area contributed by atoms with Crippen molar-refractivity contribution in [3.8, 4) is 0 Å². The second-order valence-electron chi connectivity index (χ2n) is 6.51. The van der Waals surface area contributed by atoms with Crippen molar-refractivity contribution < 1.29 is 0 Å². The van der Waals surface area contributed by atoms with Crippen molar-refractivity contribution in [2.75, 3.05) is 13.1 Å². The molecule has 22 heavy (non-hydrogen) atoms. The van der Waals surface area contributed by atoms with E-state index < -0.39 is 0 Å². The van der Waals surface area contributed by atoms with E-state index in [1.165, 1.54) is 37.2 Å². The van der Waals surface area contributed by atoms with Crippen molar-refractivity contribution >= 4 is 5.70 Å². The van der Waals surface area contributed by atoms with Crippen molar-refractivity contribution in [1.29, 1.82) is 0 Å². The summed E-state index contributed by atoms with van der Waals surface area (Å²) in [6.45, 7) is 25.2. The smallest absolute Gasteiger partial charge is 0.0366 e. The second kappa shape index (κ2) is 13.2. The van der Waals surface area contributed by atoms with E-state index in [1.54, 1.807) is 0 Å². The van der Waals surface area contributed by atoms with E-state index in [0.717, 1.165) is 0 Å². The van der Waals surface area contributed by atoms with E-state index >= 15 is 0 Å². The van der Waals surface area contributed by atoms with E-state index in [1.807, 2.05) is 19.9 Å². The Labute approximate surface area is 139 Å². The molecule has 1 aliphatic heterocycles. The Balaban J connectivity index is 0. The van der Waals surface area contributed by atoms with Gasteiger partial charge in [-0.2, -0.15) is 0 Å². The van der Waals surface area contributed by atoms with E-state index in [4.69, 9.17) is 0 Å². The molecule has 0 bridgehead atoms. The molecule has 0 saturated carbocycles. The zero-order valence-corrected chi connectivity index (χ0v) is 15.8. The van der Waals surface area contributed by atoms with Crippen molar-refractivity contribution in [2.24, 2.45) is 5.41 Å². The van der Waals surface area contributed by atoms with Crippen LogP contribution in [0.4, 0.5) is 0 Å². The summed E-state index contributed by atoms with van der Waals surface area (Å²) in [4.78, 5) is 2.37. The molecule has 0 spiro atoms. The molecule has 0 N–H and O–H groups in total. The quantitative estimate of drug-likeness (QED) is 0.554. The topological polar surface area (TPSA) is 3.24 Å². The standard InChI is InChI=1S/C12H15N.C5H12.C2H6.C2H4/c1-11(13-9-5-6-10-13)12-7-3-2-4-8-12;1-5(2,3)4;2*1-2/h2-4,7-8H,1,5-6,9-10H2;1-4H3;1-2H3;1-2H2. The average Bonchev–Trinajstić information content (AvgIpc) is 3.04. The molecule has 0 radical (unpaired) electrons. The fourth-order valence-corrected chi connectivity index (χ4v) is 1.80. The molecule has 2 rings (SSSR count). The maximum atomic E-state index is 4.13. The highest BCUT2D eigenvalue weighted by Gasteiger charge is 2.13. The van der Waals surface area contributed by atoms with Gasteiger partial charge in [0.1, 0.15) is 0 Å². The zero-order valence-electron chi connectivity index (χ0n) is 15.8. The van der Waals surface area contributed by atoms with E-state index in [0.29, 0.717) is 5.41 Å². The van der Waals surface area contributed by atoms with Crippen LogP contribution in [0.25, 0.3) is 5.70 Å². The lowest BCUT2D eigenvalue weighted by molar-refractivity contribution is 0.469. The lowest BCUT2D eigenvalue weighted by Crippen LogP contribution is -2.16. The Morgan fingerprint density at radius 3 is 1.64 bits per heavy atom. The first kappa shape index (κ1) is 22.8. The first-order valence-corrected chi connectivity index (χ1v) is 8.37. The Morgan fingerprint density at radius 2 is 1.27 bits per heavy atom. The average molecular weight is 304 g/mol. The zero-order chi connectivity index (χ0) is 17.6. The summed E-state index contributed by atoms with van der Waals surface area (Å²) in [6.07, 6.45) is 2.62. The normalized spacial score (nSPS) is 12.7. The molecule has 0 amide bonds. The summed E-state index contributed by atoms with van der Waals surface area (Å²) in [5.74, 6) is 0. The van der Waals surface area contributed by atoms with Gasteiger partial charge in [0.2, 0.25) is 0 Å². The lowest BCUT2D eigenvalue weighted by atomic mass is 10.0. The molecule has 0 atom stereocenters. The molecule has 0 aromatic heterocycles. The van der Waals surface area contributed by atoms with Gasteiger partial charge in [-0.15, -0.1) is 13.2 Å². The molecule has 1 aromatic carbocycles. The highest BCUT2D eigenvalue weighted by Crippen LogP contribution is 2.21. The molecule has 1 aromatic rings. The van der Waals surface area contributed by atoms with Gasteiger partial charge in [0.05, 0.1) is 0 Å². The van der Waals surface area contributed by atoms with Gasteiger partial charge < -0.3 is 4.90 Å². The first-order valence-electron chi connectivity index (χ1n) is 8.37. The number of hydrogen-bond donors (Lipinski definition) is 0. The third kappa shape index (κ3) is 12.3.